The molecule has 0 saturated heterocycles. The largest absolute Gasteiger partial charge is 0.317 e. The highest BCUT2D eigenvalue weighted by molar-refractivity contribution is 6.21. The number of aryl methyl sites for hydroxylation is 1. The van der Waals surface area contributed by atoms with E-state index in [9.17, 15) is 0 Å². The Kier molecular flexibility index (Phi) is 6.80. The Balaban J connectivity index is 1.30. The molecule has 1 aliphatic heterocycles. The van der Waals surface area contributed by atoms with Crippen molar-refractivity contribution >= 4 is 39.3 Å². The lowest BCUT2D eigenvalue weighted by molar-refractivity contribution is 0.790. The lowest BCUT2D eigenvalue weighted by Gasteiger charge is -2.25. The monoisotopic (exact) mass is 591 g/mol. The van der Waals surface area contributed by atoms with Gasteiger partial charge in [0.1, 0.15) is 5.82 Å². The lowest BCUT2D eigenvalue weighted by atomic mass is 9.85. The minimum absolute atomic E-state index is 0.0418. The van der Waals surface area contributed by atoms with Gasteiger partial charge in [-0.1, -0.05) is 115 Å². The van der Waals surface area contributed by atoms with Crippen LogP contribution in [-0.2, 0) is 0 Å². The van der Waals surface area contributed by atoms with Gasteiger partial charge in [0.15, 0.2) is 0 Å². The Morgan fingerprint density at radius 3 is 1.85 bits per heavy atom. The molecular weight excluding hydrogens is 558 g/mol. The number of hydrogen-bond acceptors (Lipinski definition) is 3. The maximum absolute atomic E-state index is 8.28. The van der Waals surface area contributed by atoms with Crippen LogP contribution in [0, 0.1) is 12.3 Å². The summed E-state index contributed by atoms with van der Waals surface area (Å²) in [5, 5.41) is 13.2. The average molecular weight is 592 g/mol. The number of anilines is 2. The first-order valence-electron chi connectivity index (χ1n) is 15.7. The van der Waals surface area contributed by atoms with Crippen LogP contribution in [0.15, 0.2) is 152 Å². The van der Waals surface area contributed by atoms with Crippen LogP contribution in [-0.4, -0.2) is 17.2 Å². The van der Waals surface area contributed by atoms with Crippen molar-refractivity contribution < 1.29 is 0 Å². The smallest absolute Gasteiger partial charge is 0.133 e. The summed E-state index contributed by atoms with van der Waals surface area (Å²) in [6, 6.07) is 47.6. The van der Waals surface area contributed by atoms with E-state index in [1.54, 1.807) is 0 Å². The van der Waals surface area contributed by atoms with Crippen LogP contribution in [0.5, 0.6) is 0 Å². The summed E-state index contributed by atoms with van der Waals surface area (Å²) in [7, 11) is 0. The van der Waals surface area contributed by atoms with E-state index >= 15 is 0 Å². The molecule has 2 atom stereocenters. The topological polar surface area (TPSA) is 40.0 Å². The number of fused-ring (bicyclic) bond motifs is 3. The van der Waals surface area contributed by atoms with Crippen LogP contribution >= 0.6 is 0 Å². The Morgan fingerprint density at radius 2 is 1.24 bits per heavy atom. The highest BCUT2D eigenvalue weighted by Gasteiger charge is 2.37. The third kappa shape index (κ3) is 4.43. The van der Waals surface area contributed by atoms with Crippen molar-refractivity contribution in [3.63, 3.8) is 0 Å². The number of nitrogens with zero attached hydrogens (tertiary/aromatic N) is 2. The van der Waals surface area contributed by atoms with Crippen molar-refractivity contribution in [1.29, 1.82) is 5.41 Å². The summed E-state index contributed by atoms with van der Waals surface area (Å²) in [4.78, 5) is 7.17. The molecule has 220 valence electrons. The van der Waals surface area contributed by atoms with Gasteiger partial charge in [-0.3, -0.25) is 0 Å². The zero-order valence-electron chi connectivity index (χ0n) is 25.7. The molecule has 8 rings (SSSR count). The molecule has 0 spiro atoms. The van der Waals surface area contributed by atoms with Gasteiger partial charge in [-0.25, -0.2) is 4.98 Å². The van der Waals surface area contributed by atoms with E-state index in [0.717, 1.165) is 22.6 Å². The van der Waals surface area contributed by atoms with Crippen molar-refractivity contribution in [2.45, 2.75) is 18.9 Å². The van der Waals surface area contributed by atoms with Gasteiger partial charge in [0.05, 0.1) is 6.04 Å². The van der Waals surface area contributed by atoms with Gasteiger partial charge >= 0.3 is 0 Å². The third-order valence-corrected chi connectivity index (χ3v) is 9.37. The van der Waals surface area contributed by atoms with Crippen LogP contribution < -0.4 is 4.90 Å². The number of hydrogen-bond donors (Lipinski definition) is 1. The fourth-order valence-electron chi connectivity index (χ4n) is 7.26. The minimum Gasteiger partial charge on any atom is -0.317 e. The second kappa shape index (κ2) is 11.3. The molecule has 1 aromatic heterocycles. The summed E-state index contributed by atoms with van der Waals surface area (Å²) in [5.74, 6) is 0.872. The quantitative estimate of drug-likeness (QED) is 0.119. The number of aromatic nitrogens is 1. The van der Waals surface area contributed by atoms with E-state index in [1.165, 1.54) is 61.1 Å². The molecule has 3 nitrogen and oxygen atoms in total. The van der Waals surface area contributed by atoms with Crippen LogP contribution in [0.2, 0.25) is 0 Å². The molecule has 0 radical (unpaired) electrons. The summed E-state index contributed by atoms with van der Waals surface area (Å²) >= 11 is 0. The second-order valence-corrected chi connectivity index (χ2v) is 12.0. The van der Waals surface area contributed by atoms with Gasteiger partial charge < -0.3 is 10.3 Å². The van der Waals surface area contributed by atoms with Crippen molar-refractivity contribution in [2.24, 2.45) is 0 Å². The molecule has 0 aliphatic carbocycles. The Hall–Kier alpha value is -5.80. The fourth-order valence-corrected chi connectivity index (χ4v) is 7.26. The molecule has 0 amide bonds. The number of nitrogens with one attached hydrogen (secondary N) is 1. The Morgan fingerprint density at radius 1 is 0.630 bits per heavy atom. The van der Waals surface area contributed by atoms with Gasteiger partial charge in [-0.05, 0) is 91.7 Å². The van der Waals surface area contributed by atoms with Gasteiger partial charge in [0.2, 0.25) is 0 Å². The van der Waals surface area contributed by atoms with Crippen LogP contribution in [0.1, 0.15) is 17.0 Å². The normalized spacial score (nSPS) is 15.6. The zero-order valence-corrected chi connectivity index (χ0v) is 25.7. The lowest BCUT2D eigenvalue weighted by Crippen LogP contribution is -2.31. The Labute approximate surface area is 269 Å². The predicted octanol–water partition coefficient (Wildman–Crippen LogP) is 11.1. The van der Waals surface area contributed by atoms with Crippen molar-refractivity contribution in [2.75, 3.05) is 4.90 Å². The number of pyridine rings is 1. The molecule has 7 aromatic rings. The standard InChI is InChI=1S/C43H33N3/c1-3-33-34-21-18-28(2)24-39(34)46(40(33)26-44)41-23-20-32(27-45-41)31-19-22-37-38(25-31)43(30-14-8-5-9-15-30)36-17-11-10-16-35(36)42(37)29-12-6-4-7-13-29/h3-27,33,40,44H,1H2,2H3. The molecule has 2 unspecified atom stereocenters. The van der Waals surface area contributed by atoms with E-state index < -0.39 is 0 Å². The van der Waals surface area contributed by atoms with Crippen LogP contribution in [0.4, 0.5) is 11.5 Å². The Bertz CT molecular complexity index is 2250. The summed E-state index contributed by atoms with van der Waals surface area (Å²) < 4.78 is 0. The maximum atomic E-state index is 8.28. The molecule has 0 bridgehead atoms. The van der Waals surface area contributed by atoms with E-state index in [2.05, 4.69) is 152 Å². The molecule has 1 N–H and O–H groups in total. The van der Waals surface area contributed by atoms with Crippen molar-refractivity contribution in [3.8, 4) is 33.4 Å². The predicted molar refractivity (Wildman–Crippen MR) is 194 cm³/mol. The van der Waals surface area contributed by atoms with E-state index in [1.807, 2.05) is 12.3 Å². The molecule has 46 heavy (non-hydrogen) atoms. The maximum Gasteiger partial charge on any atom is 0.133 e. The number of benzene rings is 6. The van der Waals surface area contributed by atoms with E-state index in [4.69, 9.17) is 10.4 Å². The zero-order chi connectivity index (χ0) is 31.2. The van der Waals surface area contributed by atoms with Gasteiger partial charge in [-0.15, -0.1) is 6.58 Å². The van der Waals surface area contributed by atoms with Gasteiger partial charge in [0.25, 0.3) is 0 Å². The molecule has 3 heteroatoms. The first-order chi connectivity index (χ1) is 22.7. The van der Waals surface area contributed by atoms with Crippen molar-refractivity contribution in [3.05, 3.63) is 163 Å². The molecule has 6 aromatic carbocycles. The first kappa shape index (κ1) is 27.7. The average Bonchev–Trinajstić information content (AvgIpc) is 3.43. The fraction of sp³-hybridized carbons (Fsp3) is 0.0698. The molecule has 0 fully saturated rings. The summed E-state index contributed by atoms with van der Waals surface area (Å²) in [5.41, 5.74) is 10.5. The van der Waals surface area contributed by atoms with E-state index in [0.29, 0.717) is 0 Å². The molecule has 1 aliphatic rings. The molecule has 2 heterocycles. The first-order valence-corrected chi connectivity index (χ1v) is 15.7. The minimum atomic E-state index is -0.161. The SMILES string of the molecule is C=CC1c2ccc(C)cc2N(c2ccc(-c3ccc4c(-c5ccccc5)c5ccccc5c(-c5ccccc5)c4c3)cn2)C1C=N. The second-order valence-electron chi connectivity index (χ2n) is 12.0. The molecular formula is C43H33N3. The highest BCUT2D eigenvalue weighted by Crippen LogP contribution is 2.47. The molecule has 0 saturated carbocycles. The van der Waals surface area contributed by atoms with E-state index in [-0.39, 0.29) is 12.0 Å². The van der Waals surface area contributed by atoms with Gasteiger partial charge in [-0.2, -0.15) is 0 Å². The third-order valence-electron chi connectivity index (χ3n) is 9.37. The number of rotatable bonds is 6. The summed E-state index contributed by atoms with van der Waals surface area (Å²) in [6.45, 7) is 6.19. The van der Waals surface area contributed by atoms with Crippen LogP contribution in [0.3, 0.4) is 0 Å². The van der Waals surface area contributed by atoms with Crippen LogP contribution in [0.25, 0.3) is 54.9 Å². The summed E-state index contributed by atoms with van der Waals surface area (Å²) in [6.07, 6.45) is 5.43. The van der Waals surface area contributed by atoms with Crippen molar-refractivity contribution in [1.82, 2.24) is 4.98 Å². The highest BCUT2D eigenvalue weighted by atomic mass is 15.2. The van der Waals surface area contributed by atoms with Gasteiger partial charge in [0, 0.05) is 29.6 Å².